The molecule has 1 aliphatic rings. The van der Waals surface area contributed by atoms with Gasteiger partial charge in [-0.25, -0.2) is 8.42 Å². The fourth-order valence-corrected chi connectivity index (χ4v) is 5.74. The van der Waals surface area contributed by atoms with Crippen LogP contribution in [0, 0.1) is 13.8 Å². The number of fused-ring (bicyclic) bond motifs is 1. The van der Waals surface area contributed by atoms with Gasteiger partial charge in [-0.15, -0.1) is 10.2 Å². The van der Waals surface area contributed by atoms with E-state index in [2.05, 4.69) is 20.1 Å². The molecule has 0 atom stereocenters. The smallest absolute Gasteiger partial charge is 0.264 e. The Morgan fingerprint density at radius 1 is 0.971 bits per heavy atom. The van der Waals surface area contributed by atoms with E-state index in [9.17, 15) is 13.2 Å². The third kappa shape index (κ3) is 6.08. The summed E-state index contributed by atoms with van der Waals surface area (Å²) < 4.78 is 30.4. The van der Waals surface area contributed by atoms with Crippen LogP contribution in [0.1, 0.15) is 48.5 Å². The Bertz CT molecular complexity index is 1250. The van der Waals surface area contributed by atoms with Crippen molar-refractivity contribution in [3.8, 4) is 0 Å². The molecular weight excluding hydrogens is 462 g/mol. The molecule has 1 aliphatic heterocycles. The van der Waals surface area contributed by atoms with Gasteiger partial charge < -0.3 is 9.88 Å². The topological polar surface area (TPSA) is 97.2 Å². The number of hydrogen-bond acceptors (Lipinski definition) is 5. The SMILES string of the molecule is Cc1ccc(N(CCC(=O)NCCc2nnc3n2CCCCC3)S(=O)(=O)c2ccc(C)cc2)cc1. The van der Waals surface area contributed by atoms with Gasteiger partial charge >= 0.3 is 0 Å². The first-order valence-corrected chi connectivity index (χ1v) is 13.6. The number of aromatic nitrogens is 3. The van der Waals surface area contributed by atoms with Gasteiger partial charge in [0.15, 0.2) is 0 Å². The number of carbonyl (C=O) groups is 1. The molecule has 1 aromatic heterocycles. The minimum Gasteiger partial charge on any atom is -0.356 e. The Labute approximate surface area is 207 Å². The third-order valence-corrected chi connectivity index (χ3v) is 8.17. The monoisotopic (exact) mass is 495 g/mol. The van der Waals surface area contributed by atoms with Crippen LogP contribution in [0.3, 0.4) is 0 Å². The summed E-state index contributed by atoms with van der Waals surface area (Å²) in [4.78, 5) is 12.8. The van der Waals surface area contributed by atoms with E-state index < -0.39 is 10.0 Å². The molecule has 0 fully saturated rings. The summed E-state index contributed by atoms with van der Waals surface area (Å²) in [5.74, 6) is 1.72. The molecule has 8 nitrogen and oxygen atoms in total. The molecule has 0 spiro atoms. The van der Waals surface area contributed by atoms with Crippen LogP contribution in [0.4, 0.5) is 5.69 Å². The Balaban J connectivity index is 1.40. The number of anilines is 1. The quantitative estimate of drug-likeness (QED) is 0.490. The van der Waals surface area contributed by atoms with Crippen LogP contribution in [-0.4, -0.2) is 42.2 Å². The van der Waals surface area contributed by atoms with E-state index in [4.69, 9.17) is 0 Å². The molecule has 186 valence electrons. The molecule has 0 radical (unpaired) electrons. The highest BCUT2D eigenvalue weighted by Crippen LogP contribution is 2.25. The second-order valence-corrected chi connectivity index (χ2v) is 10.9. The molecule has 0 saturated heterocycles. The second-order valence-electron chi connectivity index (χ2n) is 9.07. The normalized spacial score (nSPS) is 13.7. The Kier molecular flexibility index (Phi) is 7.85. The highest BCUT2D eigenvalue weighted by Gasteiger charge is 2.25. The Morgan fingerprint density at radius 3 is 2.37 bits per heavy atom. The van der Waals surface area contributed by atoms with Crippen molar-refractivity contribution in [2.45, 2.75) is 63.8 Å². The molecule has 35 heavy (non-hydrogen) atoms. The molecule has 1 amide bonds. The first-order chi connectivity index (χ1) is 16.8. The molecule has 1 N–H and O–H groups in total. The van der Waals surface area contributed by atoms with Crippen LogP contribution in [0.5, 0.6) is 0 Å². The van der Waals surface area contributed by atoms with Crippen molar-refractivity contribution in [3.05, 3.63) is 71.3 Å². The van der Waals surface area contributed by atoms with E-state index in [1.807, 2.05) is 26.0 Å². The number of amides is 1. The van der Waals surface area contributed by atoms with Crippen LogP contribution < -0.4 is 9.62 Å². The number of carbonyl (C=O) groups excluding carboxylic acids is 1. The minimum atomic E-state index is -3.82. The number of nitrogens with one attached hydrogen (secondary N) is 1. The zero-order valence-electron chi connectivity index (χ0n) is 20.4. The first kappa shape index (κ1) is 24.9. The number of benzene rings is 2. The van der Waals surface area contributed by atoms with E-state index in [0.29, 0.717) is 18.7 Å². The number of aryl methyl sites for hydroxylation is 3. The zero-order chi connectivity index (χ0) is 24.8. The van der Waals surface area contributed by atoms with E-state index >= 15 is 0 Å². The number of rotatable bonds is 9. The predicted molar refractivity (Wildman–Crippen MR) is 136 cm³/mol. The molecule has 4 rings (SSSR count). The van der Waals surface area contributed by atoms with Crippen molar-refractivity contribution in [2.24, 2.45) is 0 Å². The minimum absolute atomic E-state index is 0.0471. The van der Waals surface area contributed by atoms with Gasteiger partial charge in [0, 0.05) is 38.9 Å². The summed E-state index contributed by atoms with van der Waals surface area (Å²) in [5.41, 5.74) is 2.55. The summed E-state index contributed by atoms with van der Waals surface area (Å²) in [5, 5.41) is 11.5. The van der Waals surface area contributed by atoms with Crippen LogP contribution in [0.25, 0.3) is 0 Å². The molecular formula is C26H33N5O3S. The maximum Gasteiger partial charge on any atom is 0.264 e. The van der Waals surface area contributed by atoms with Gasteiger partial charge in [0.1, 0.15) is 11.6 Å². The van der Waals surface area contributed by atoms with Crippen LogP contribution in [0.2, 0.25) is 0 Å². The lowest BCUT2D eigenvalue weighted by Crippen LogP contribution is -2.36. The number of nitrogens with zero attached hydrogens (tertiary/aromatic N) is 4. The third-order valence-electron chi connectivity index (χ3n) is 6.33. The largest absolute Gasteiger partial charge is 0.356 e. The summed E-state index contributed by atoms with van der Waals surface area (Å²) >= 11 is 0. The molecule has 3 aromatic rings. The fourth-order valence-electron chi connectivity index (χ4n) is 4.27. The number of hydrogen-bond donors (Lipinski definition) is 1. The lowest BCUT2D eigenvalue weighted by molar-refractivity contribution is -0.120. The van der Waals surface area contributed by atoms with Crippen molar-refractivity contribution in [2.75, 3.05) is 17.4 Å². The van der Waals surface area contributed by atoms with Gasteiger partial charge in [-0.1, -0.05) is 41.8 Å². The van der Waals surface area contributed by atoms with Gasteiger partial charge in [0.2, 0.25) is 5.91 Å². The van der Waals surface area contributed by atoms with E-state index in [1.165, 1.54) is 10.7 Å². The van der Waals surface area contributed by atoms with E-state index in [-0.39, 0.29) is 23.8 Å². The van der Waals surface area contributed by atoms with E-state index in [1.54, 1.807) is 36.4 Å². The van der Waals surface area contributed by atoms with Crippen LogP contribution in [-0.2, 0) is 34.2 Å². The van der Waals surface area contributed by atoms with Gasteiger partial charge in [-0.05, 0) is 51.0 Å². The first-order valence-electron chi connectivity index (χ1n) is 12.2. The van der Waals surface area contributed by atoms with Gasteiger partial charge in [0.25, 0.3) is 10.0 Å². The van der Waals surface area contributed by atoms with Crippen molar-refractivity contribution in [3.63, 3.8) is 0 Å². The van der Waals surface area contributed by atoms with E-state index in [0.717, 1.165) is 48.6 Å². The van der Waals surface area contributed by atoms with Gasteiger partial charge in [-0.2, -0.15) is 0 Å². The van der Waals surface area contributed by atoms with Crippen molar-refractivity contribution < 1.29 is 13.2 Å². The molecule has 0 bridgehead atoms. The standard InChI is InChI=1S/C26H33N5O3S/c1-20-7-11-22(12-8-20)31(35(33,34)23-13-9-21(2)10-14-23)19-16-26(32)27-17-15-25-29-28-24-6-4-3-5-18-30(24)25/h7-14H,3-6,15-19H2,1-2H3,(H,27,32). The molecule has 0 saturated carbocycles. The molecule has 0 unspecified atom stereocenters. The van der Waals surface area contributed by atoms with Crippen molar-refractivity contribution >= 4 is 21.6 Å². The maximum absolute atomic E-state index is 13.5. The predicted octanol–water partition coefficient (Wildman–Crippen LogP) is 3.57. The zero-order valence-corrected chi connectivity index (χ0v) is 21.2. The summed E-state index contributed by atoms with van der Waals surface area (Å²) in [6.07, 6.45) is 5.05. The molecule has 9 heteroatoms. The average molecular weight is 496 g/mol. The van der Waals surface area contributed by atoms with Crippen LogP contribution >= 0.6 is 0 Å². The number of sulfonamides is 1. The van der Waals surface area contributed by atoms with Crippen molar-refractivity contribution in [1.82, 2.24) is 20.1 Å². The molecule has 2 heterocycles. The average Bonchev–Trinajstić information content (AvgIpc) is 3.06. The Morgan fingerprint density at radius 2 is 1.66 bits per heavy atom. The summed E-state index contributed by atoms with van der Waals surface area (Å²) in [6.45, 7) is 5.27. The lowest BCUT2D eigenvalue weighted by Gasteiger charge is -2.24. The highest BCUT2D eigenvalue weighted by molar-refractivity contribution is 7.92. The Hall–Kier alpha value is -3.20. The fraction of sp³-hybridized carbons (Fsp3) is 0.423. The lowest BCUT2D eigenvalue weighted by atomic mass is 10.2. The molecule has 2 aromatic carbocycles. The highest BCUT2D eigenvalue weighted by atomic mass is 32.2. The second kappa shape index (κ2) is 11.0. The summed E-state index contributed by atoms with van der Waals surface area (Å²) in [7, 11) is -3.82. The summed E-state index contributed by atoms with van der Waals surface area (Å²) in [6, 6.07) is 14.0. The van der Waals surface area contributed by atoms with Gasteiger partial charge in [-0.3, -0.25) is 9.10 Å². The van der Waals surface area contributed by atoms with Gasteiger partial charge in [0.05, 0.1) is 10.6 Å². The van der Waals surface area contributed by atoms with Crippen LogP contribution in [0.15, 0.2) is 53.4 Å². The molecule has 0 aliphatic carbocycles. The van der Waals surface area contributed by atoms with Crippen molar-refractivity contribution in [1.29, 1.82) is 0 Å². The maximum atomic E-state index is 13.5.